The number of sulfone groups is 1. The summed E-state index contributed by atoms with van der Waals surface area (Å²) in [7, 11) is -4.00. The van der Waals surface area contributed by atoms with Crippen LogP contribution in [0.2, 0.25) is 0 Å². The van der Waals surface area contributed by atoms with Crippen molar-refractivity contribution in [1.82, 2.24) is 9.72 Å². The second kappa shape index (κ2) is 8.59. The molecule has 0 bridgehead atoms. The van der Waals surface area contributed by atoms with E-state index in [9.17, 15) is 18.0 Å². The number of amides is 2. The highest BCUT2D eigenvalue weighted by molar-refractivity contribution is 9.10. The fraction of sp³-hybridized carbons (Fsp3) is 0.294. The topological polar surface area (TPSA) is 124 Å². The van der Waals surface area contributed by atoms with Crippen molar-refractivity contribution < 1.29 is 22.5 Å². The van der Waals surface area contributed by atoms with E-state index in [0.717, 1.165) is 14.7 Å². The van der Waals surface area contributed by atoms with Crippen molar-refractivity contribution >= 4 is 65.0 Å². The number of halogens is 1. The molecule has 0 aliphatic heterocycles. The molecule has 0 unspecified atom stereocenters. The maximum Gasteiger partial charge on any atom is 0.263 e. The number of anilines is 1. The number of aryl methyl sites for hydroxylation is 2. The molecule has 0 spiro atoms. The van der Waals surface area contributed by atoms with Gasteiger partial charge in [0.05, 0.1) is 10.2 Å². The van der Waals surface area contributed by atoms with E-state index in [2.05, 4.69) is 31.4 Å². The molecule has 2 heterocycles. The molecule has 0 fully saturated rings. The van der Waals surface area contributed by atoms with E-state index >= 15 is 0 Å². The minimum Gasteiger partial charge on any atom is -0.360 e. The number of carbonyl (C=O) groups is 2. The van der Waals surface area contributed by atoms with Gasteiger partial charge in [-0.25, -0.2) is 8.42 Å². The van der Waals surface area contributed by atoms with Gasteiger partial charge < -0.3 is 14.4 Å². The Bertz CT molecular complexity index is 1260. The Kier molecular flexibility index (Phi) is 6.34. The molecule has 3 rings (SSSR count). The predicted molar refractivity (Wildman–Crippen MR) is 112 cm³/mol. The Labute approximate surface area is 178 Å². The molecule has 2 amide bonds. The van der Waals surface area contributed by atoms with Gasteiger partial charge in [0, 0.05) is 17.1 Å². The Balaban J connectivity index is 1.75. The highest BCUT2D eigenvalue weighted by Crippen LogP contribution is 2.22. The predicted octanol–water partition coefficient (Wildman–Crippen LogP) is 2.26. The lowest BCUT2D eigenvalue weighted by atomic mass is 10.3. The molecule has 29 heavy (non-hydrogen) atoms. The van der Waals surface area contributed by atoms with Crippen LogP contribution in [0.1, 0.15) is 12.7 Å². The molecule has 9 nitrogen and oxygen atoms in total. The number of hydrogen-bond acceptors (Lipinski definition) is 7. The molecule has 12 heteroatoms. The second-order valence-corrected chi connectivity index (χ2v) is 10.1. The Morgan fingerprint density at radius 1 is 1.31 bits per heavy atom. The first kappa shape index (κ1) is 21.4. The largest absolute Gasteiger partial charge is 0.360 e. The van der Waals surface area contributed by atoms with Gasteiger partial charge in [-0.15, -0.1) is 0 Å². The van der Waals surface area contributed by atoms with Gasteiger partial charge in [-0.3, -0.25) is 9.59 Å². The number of nitrogens with one attached hydrogen (secondary N) is 1. The van der Waals surface area contributed by atoms with E-state index in [1.165, 1.54) is 17.4 Å². The van der Waals surface area contributed by atoms with Crippen molar-refractivity contribution in [2.75, 3.05) is 16.8 Å². The summed E-state index contributed by atoms with van der Waals surface area (Å²) in [5, 5.41) is 5.87. The zero-order chi connectivity index (χ0) is 21.2. The lowest BCUT2D eigenvalue weighted by Gasteiger charge is -2.02. The number of aromatic nitrogens is 2. The van der Waals surface area contributed by atoms with Gasteiger partial charge in [-0.1, -0.05) is 32.4 Å². The average molecular weight is 501 g/mol. The third-order valence-corrected chi connectivity index (χ3v) is 6.69. The highest BCUT2D eigenvalue weighted by atomic mass is 79.9. The molecule has 0 aliphatic rings. The van der Waals surface area contributed by atoms with Crippen molar-refractivity contribution in [3.63, 3.8) is 0 Å². The molecule has 0 radical (unpaired) electrons. The summed E-state index contributed by atoms with van der Waals surface area (Å²) in [6, 6.07) is 7.14. The average Bonchev–Trinajstić information content (AvgIpc) is 3.15. The monoisotopic (exact) mass is 500 g/mol. The van der Waals surface area contributed by atoms with Crippen LogP contribution >= 0.6 is 27.3 Å². The summed E-state index contributed by atoms with van der Waals surface area (Å²) in [4.78, 5) is 28.5. The van der Waals surface area contributed by atoms with Gasteiger partial charge in [0.25, 0.3) is 5.91 Å². The molecule has 0 saturated heterocycles. The molecule has 2 aromatic heterocycles. The normalized spacial score (nSPS) is 12.4. The van der Waals surface area contributed by atoms with Crippen LogP contribution in [0, 0.1) is 6.92 Å². The zero-order valence-corrected chi connectivity index (χ0v) is 18.7. The minimum atomic E-state index is -4.00. The van der Waals surface area contributed by atoms with E-state index in [1.807, 2.05) is 29.7 Å². The standard InChI is InChI=1S/C17H17BrN4O5S2/c1-3-22-12-5-4-11(18)7-13(12)28-17(22)20-16(24)9-29(25,26)8-15(23)19-14-6-10(2)27-21-14/h4-7H,3,8-9H2,1-2H3,(H,19,21,23). The smallest absolute Gasteiger partial charge is 0.263 e. The Hall–Kier alpha value is -2.31. The van der Waals surface area contributed by atoms with E-state index in [-0.39, 0.29) is 5.82 Å². The zero-order valence-electron chi connectivity index (χ0n) is 15.5. The molecule has 1 N–H and O–H groups in total. The summed E-state index contributed by atoms with van der Waals surface area (Å²) >= 11 is 4.69. The molecule has 154 valence electrons. The summed E-state index contributed by atoms with van der Waals surface area (Å²) < 4.78 is 32.9. The number of thiazole rings is 1. The first-order valence-corrected chi connectivity index (χ1v) is 11.9. The molecule has 0 atom stereocenters. The quantitative estimate of drug-likeness (QED) is 0.553. The third kappa shape index (κ3) is 5.40. The molecule has 1 aromatic carbocycles. The number of carbonyl (C=O) groups excluding carboxylic acids is 2. The van der Waals surface area contributed by atoms with Crippen LogP contribution in [0.3, 0.4) is 0 Å². The first-order chi connectivity index (χ1) is 13.7. The van der Waals surface area contributed by atoms with Crippen LogP contribution in [-0.4, -0.2) is 41.5 Å². The van der Waals surface area contributed by atoms with E-state index in [1.54, 1.807) is 6.92 Å². The fourth-order valence-corrected chi connectivity index (χ4v) is 5.30. The molecule has 0 saturated carbocycles. The third-order valence-electron chi connectivity index (χ3n) is 3.77. The molecular formula is C17H17BrN4O5S2. The summed E-state index contributed by atoms with van der Waals surface area (Å²) in [5.74, 6) is -2.77. The van der Waals surface area contributed by atoms with E-state index < -0.39 is 33.2 Å². The van der Waals surface area contributed by atoms with Crippen LogP contribution in [0.15, 0.2) is 38.3 Å². The van der Waals surface area contributed by atoms with Crippen LogP contribution in [-0.2, 0) is 26.0 Å². The van der Waals surface area contributed by atoms with Crippen LogP contribution in [0.25, 0.3) is 10.2 Å². The van der Waals surface area contributed by atoms with Crippen LogP contribution in [0.4, 0.5) is 5.82 Å². The highest BCUT2D eigenvalue weighted by Gasteiger charge is 2.21. The Morgan fingerprint density at radius 3 is 2.72 bits per heavy atom. The van der Waals surface area contributed by atoms with Crippen molar-refractivity contribution in [1.29, 1.82) is 0 Å². The van der Waals surface area contributed by atoms with Gasteiger partial charge in [0.15, 0.2) is 20.5 Å². The Morgan fingerprint density at radius 2 is 2.07 bits per heavy atom. The van der Waals surface area contributed by atoms with Gasteiger partial charge in [0.1, 0.15) is 17.3 Å². The van der Waals surface area contributed by atoms with Gasteiger partial charge in [-0.2, -0.15) is 4.99 Å². The van der Waals surface area contributed by atoms with Crippen molar-refractivity contribution in [3.05, 3.63) is 39.3 Å². The van der Waals surface area contributed by atoms with Gasteiger partial charge >= 0.3 is 0 Å². The fourth-order valence-electron chi connectivity index (χ4n) is 2.62. The maximum atomic E-state index is 12.3. The molecule has 0 aliphatic carbocycles. The maximum absolute atomic E-state index is 12.3. The van der Waals surface area contributed by atoms with Crippen molar-refractivity contribution in [2.45, 2.75) is 20.4 Å². The van der Waals surface area contributed by atoms with Crippen molar-refractivity contribution in [2.24, 2.45) is 4.99 Å². The molecule has 3 aromatic rings. The minimum absolute atomic E-state index is 0.110. The van der Waals surface area contributed by atoms with Gasteiger partial charge in [-0.05, 0) is 32.0 Å². The summed E-state index contributed by atoms with van der Waals surface area (Å²) in [6.07, 6.45) is 0. The summed E-state index contributed by atoms with van der Waals surface area (Å²) in [5.41, 5.74) is 0.900. The lowest BCUT2D eigenvalue weighted by molar-refractivity contribution is -0.115. The SMILES string of the molecule is CCn1c(=NC(=O)CS(=O)(=O)CC(=O)Nc2cc(C)on2)sc2cc(Br)ccc21. The number of fused-ring (bicyclic) bond motifs is 1. The van der Waals surface area contributed by atoms with Crippen LogP contribution in [0.5, 0.6) is 0 Å². The van der Waals surface area contributed by atoms with E-state index in [0.29, 0.717) is 17.1 Å². The number of rotatable bonds is 6. The summed E-state index contributed by atoms with van der Waals surface area (Å²) in [6.45, 7) is 4.11. The van der Waals surface area contributed by atoms with E-state index in [4.69, 9.17) is 4.52 Å². The lowest BCUT2D eigenvalue weighted by Crippen LogP contribution is -2.28. The number of benzene rings is 1. The number of nitrogens with zero attached hydrogens (tertiary/aromatic N) is 3. The second-order valence-electron chi connectivity index (χ2n) is 6.15. The first-order valence-electron chi connectivity index (χ1n) is 8.47. The van der Waals surface area contributed by atoms with Crippen LogP contribution < -0.4 is 10.1 Å². The van der Waals surface area contributed by atoms with Gasteiger partial charge in [0.2, 0.25) is 5.91 Å². The number of hydrogen-bond donors (Lipinski definition) is 1. The van der Waals surface area contributed by atoms with Crippen molar-refractivity contribution in [3.8, 4) is 0 Å². The molecular weight excluding hydrogens is 484 g/mol.